The maximum atomic E-state index is 14.0. The van der Waals surface area contributed by atoms with E-state index in [1.807, 2.05) is 18.2 Å². The first kappa shape index (κ1) is 20.5. The van der Waals surface area contributed by atoms with Crippen molar-refractivity contribution in [2.24, 2.45) is 0 Å². The Balaban J connectivity index is 1.75. The highest BCUT2D eigenvalue weighted by Crippen LogP contribution is 2.33. The summed E-state index contributed by atoms with van der Waals surface area (Å²) in [5.41, 5.74) is 2.77. The van der Waals surface area contributed by atoms with Gasteiger partial charge in [-0.3, -0.25) is 4.98 Å². The van der Waals surface area contributed by atoms with Crippen LogP contribution in [0, 0.1) is 17.1 Å². The highest BCUT2D eigenvalue weighted by Gasteiger charge is 2.15. The maximum absolute atomic E-state index is 14.0. The molecule has 0 aliphatic rings. The van der Waals surface area contributed by atoms with Gasteiger partial charge in [-0.15, -0.1) is 0 Å². The number of nitriles is 1. The summed E-state index contributed by atoms with van der Waals surface area (Å²) in [6.07, 6.45) is 1.64. The number of halogens is 1. The Hall–Kier alpha value is -3.76. The van der Waals surface area contributed by atoms with Crippen molar-refractivity contribution in [3.8, 4) is 28.7 Å². The average Bonchev–Trinajstić information content (AvgIpc) is 2.78. The van der Waals surface area contributed by atoms with E-state index in [0.717, 1.165) is 28.6 Å². The first-order valence-electron chi connectivity index (χ1n) is 9.51. The van der Waals surface area contributed by atoms with Gasteiger partial charge in [0.25, 0.3) is 0 Å². The Morgan fingerprint density at radius 1 is 1.03 bits per heavy atom. The van der Waals surface area contributed by atoms with Crippen LogP contribution in [0.2, 0.25) is 0 Å². The maximum Gasteiger partial charge on any atom is 0.178 e. The van der Waals surface area contributed by atoms with E-state index in [0.29, 0.717) is 16.8 Å². The van der Waals surface area contributed by atoms with Crippen LogP contribution in [-0.2, 0) is 9.84 Å². The molecule has 0 aliphatic heterocycles. The van der Waals surface area contributed by atoms with E-state index in [-0.39, 0.29) is 16.4 Å². The fourth-order valence-electron chi connectivity index (χ4n) is 3.32. The second-order valence-corrected chi connectivity index (χ2v) is 9.11. The molecular weight excluding hydrogens is 415 g/mol. The van der Waals surface area contributed by atoms with Crippen LogP contribution < -0.4 is 4.74 Å². The molecule has 1 heterocycles. The summed E-state index contributed by atoms with van der Waals surface area (Å²) < 4.78 is 44.0. The molecule has 0 amide bonds. The van der Waals surface area contributed by atoms with Crippen molar-refractivity contribution < 1.29 is 17.5 Å². The first-order chi connectivity index (χ1) is 14.9. The lowest BCUT2D eigenvalue weighted by Crippen LogP contribution is -2.04. The average molecular weight is 432 g/mol. The molecule has 7 heteroatoms. The number of hydrogen-bond donors (Lipinski definition) is 0. The van der Waals surface area contributed by atoms with Crippen LogP contribution in [0.3, 0.4) is 0 Å². The van der Waals surface area contributed by atoms with E-state index < -0.39 is 15.7 Å². The Bertz CT molecular complexity index is 1440. The molecule has 0 spiro atoms. The van der Waals surface area contributed by atoms with Crippen molar-refractivity contribution in [1.29, 1.82) is 5.26 Å². The zero-order valence-electron chi connectivity index (χ0n) is 16.5. The summed E-state index contributed by atoms with van der Waals surface area (Å²) in [7, 11) is -3.57. The van der Waals surface area contributed by atoms with Gasteiger partial charge < -0.3 is 4.74 Å². The summed E-state index contributed by atoms with van der Waals surface area (Å²) in [4.78, 5) is 4.21. The topological polar surface area (TPSA) is 80.1 Å². The third-order valence-electron chi connectivity index (χ3n) is 4.86. The standard InChI is InChI=1S/C24H17FN2O3S/c1-2-31(28,29)21-13-18(25)12-20(14-21)30-19-7-3-5-16(11-19)22-9-10-27-24-17(15-26)6-4-8-23(22)24/h3-14H,2H2,1H3. The van der Waals surface area contributed by atoms with Crippen molar-refractivity contribution in [1.82, 2.24) is 4.98 Å². The molecule has 0 aliphatic carbocycles. The predicted molar refractivity (Wildman–Crippen MR) is 116 cm³/mol. The highest BCUT2D eigenvalue weighted by atomic mass is 32.2. The van der Waals surface area contributed by atoms with Crippen molar-refractivity contribution in [3.63, 3.8) is 0 Å². The largest absolute Gasteiger partial charge is 0.457 e. The second kappa shape index (κ2) is 8.17. The number of rotatable bonds is 5. The van der Waals surface area contributed by atoms with Crippen molar-refractivity contribution in [2.45, 2.75) is 11.8 Å². The zero-order valence-corrected chi connectivity index (χ0v) is 17.4. The minimum absolute atomic E-state index is 0.0931. The van der Waals surface area contributed by atoms with Gasteiger partial charge in [0.15, 0.2) is 9.84 Å². The van der Waals surface area contributed by atoms with Gasteiger partial charge in [0.05, 0.1) is 21.7 Å². The lowest BCUT2D eigenvalue weighted by atomic mass is 9.99. The summed E-state index contributed by atoms with van der Waals surface area (Å²) >= 11 is 0. The fraction of sp³-hybridized carbons (Fsp3) is 0.0833. The van der Waals surface area contributed by atoms with Crippen LogP contribution >= 0.6 is 0 Å². The molecule has 0 unspecified atom stereocenters. The number of hydrogen-bond acceptors (Lipinski definition) is 5. The molecule has 0 bridgehead atoms. The minimum atomic E-state index is -3.57. The molecule has 5 nitrogen and oxygen atoms in total. The molecular formula is C24H17FN2O3S. The number of aromatic nitrogens is 1. The number of sulfone groups is 1. The Morgan fingerprint density at radius 2 is 1.84 bits per heavy atom. The van der Waals surface area contributed by atoms with Gasteiger partial charge in [-0.25, -0.2) is 12.8 Å². The van der Waals surface area contributed by atoms with E-state index in [9.17, 15) is 18.1 Å². The van der Waals surface area contributed by atoms with Gasteiger partial charge in [-0.2, -0.15) is 5.26 Å². The molecule has 0 fully saturated rings. The van der Waals surface area contributed by atoms with E-state index >= 15 is 0 Å². The van der Waals surface area contributed by atoms with Gasteiger partial charge in [-0.1, -0.05) is 31.2 Å². The van der Waals surface area contributed by atoms with Crippen LogP contribution in [0.25, 0.3) is 22.0 Å². The molecule has 154 valence electrons. The van der Waals surface area contributed by atoms with Crippen LogP contribution in [0.4, 0.5) is 4.39 Å². The highest BCUT2D eigenvalue weighted by molar-refractivity contribution is 7.91. The Labute approximate surface area is 179 Å². The smallest absolute Gasteiger partial charge is 0.178 e. The summed E-state index contributed by atoms with van der Waals surface area (Å²) in [5, 5.41) is 10.2. The third-order valence-corrected chi connectivity index (χ3v) is 6.57. The second-order valence-electron chi connectivity index (χ2n) is 6.83. The quantitative estimate of drug-likeness (QED) is 0.416. The number of benzene rings is 3. The van der Waals surface area contributed by atoms with Gasteiger partial charge in [0.1, 0.15) is 23.4 Å². The molecule has 0 radical (unpaired) electrons. The first-order valence-corrected chi connectivity index (χ1v) is 11.2. The van der Waals surface area contributed by atoms with Crippen LogP contribution in [0.5, 0.6) is 11.5 Å². The number of pyridine rings is 1. The van der Waals surface area contributed by atoms with Gasteiger partial charge in [0.2, 0.25) is 0 Å². The monoisotopic (exact) mass is 432 g/mol. The Kier molecular flexibility index (Phi) is 5.40. The van der Waals surface area contributed by atoms with E-state index in [1.165, 1.54) is 13.0 Å². The lowest BCUT2D eigenvalue weighted by Gasteiger charge is -2.11. The van der Waals surface area contributed by atoms with E-state index in [4.69, 9.17) is 4.74 Å². The van der Waals surface area contributed by atoms with Crippen LogP contribution in [0.15, 0.2) is 77.8 Å². The van der Waals surface area contributed by atoms with Crippen LogP contribution in [-0.4, -0.2) is 19.2 Å². The molecule has 31 heavy (non-hydrogen) atoms. The zero-order chi connectivity index (χ0) is 22.0. The molecule has 4 aromatic rings. The summed E-state index contributed by atoms with van der Waals surface area (Å²) in [6, 6.07) is 20.0. The number of para-hydroxylation sites is 1. The molecule has 0 N–H and O–H groups in total. The van der Waals surface area contributed by atoms with Crippen molar-refractivity contribution in [2.75, 3.05) is 5.75 Å². The Morgan fingerprint density at radius 3 is 2.61 bits per heavy atom. The number of ether oxygens (including phenoxy) is 1. The minimum Gasteiger partial charge on any atom is -0.457 e. The lowest BCUT2D eigenvalue weighted by molar-refractivity contribution is 0.474. The number of nitrogens with zero attached hydrogens (tertiary/aromatic N) is 2. The molecule has 0 saturated carbocycles. The molecule has 4 rings (SSSR count). The van der Waals surface area contributed by atoms with E-state index in [1.54, 1.807) is 36.5 Å². The molecule has 1 aromatic heterocycles. The molecule has 3 aromatic carbocycles. The molecule has 0 atom stereocenters. The van der Waals surface area contributed by atoms with Crippen molar-refractivity contribution in [3.05, 3.63) is 84.3 Å². The van der Waals surface area contributed by atoms with Gasteiger partial charge in [-0.05, 0) is 47.5 Å². The normalized spacial score (nSPS) is 11.3. The van der Waals surface area contributed by atoms with Crippen molar-refractivity contribution >= 4 is 20.7 Å². The summed E-state index contributed by atoms with van der Waals surface area (Å²) in [6.45, 7) is 1.50. The predicted octanol–water partition coefficient (Wildman–Crippen LogP) is 5.50. The molecule has 0 saturated heterocycles. The van der Waals surface area contributed by atoms with Gasteiger partial charge >= 0.3 is 0 Å². The number of fused-ring (bicyclic) bond motifs is 1. The fourth-order valence-corrected chi connectivity index (χ4v) is 4.24. The SMILES string of the molecule is CCS(=O)(=O)c1cc(F)cc(Oc2cccc(-c3ccnc4c(C#N)cccc34)c2)c1. The van der Waals surface area contributed by atoms with Gasteiger partial charge in [0, 0.05) is 17.6 Å². The third kappa shape index (κ3) is 4.11. The van der Waals surface area contributed by atoms with Crippen LogP contribution in [0.1, 0.15) is 12.5 Å². The van der Waals surface area contributed by atoms with E-state index in [2.05, 4.69) is 11.1 Å². The summed E-state index contributed by atoms with van der Waals surface area (Å²) in [5.74, 6) is -0.310.